The van der Waals surface area contributed by atoms with E-state index in [-0.39, 0.29) is 16.7 Å². The van der Waals surface area contributed by atoms with Crippen LogP contribution in [0.25, 0.3) is 5.57 Å². The third-order valence-corrected chi connectivity index (χ3v) is 9.18. The van der Waals surface area contributed by atoms with Crippen molar-refractivity contribution in [2.24, 2.45) is 34.5 Å². The van der Waals surface area contributed by atoms with Crippen LogP contribution in [0.15, 0.2) is 53.9 Å². The standard InChI is InChI=1S/C26H30N2O/c1-25-9-8-21-24(20(25)7-6-19(25)16-5-4-11-27-15-16)18-13-17(18)22-14-23(29)28(3)12-10-26(21,22)2/h4-7,11,14-15,17-18,21,24H,8-10,12-13H2,1-3H3/t17?,18?,21-,24-,25+,26+/m0/s1. The minimum absolute atomic E-state index is 0.145. The molecule has 1 aromatic rings. The van der Waals surface area contributed by atoms with Crippen LogP contribution >= 0.6 is 0 Å². The van der Waals surface area contributed by atoms with Crippen molar-refractivity contribution in [3.8, 4) is 0 Å². The van der Waals surface area contributed by atoms with Crippen molar-refractivity contribution in [1.29, 1.82) is 0 Å². The van der Waals surface area contributed by atoms with Crippen molar-refractivity contribution in [3.05, 3.63) is 59.5 Å². The Bertz CT molecular complexity index is 989. The van der Waals surface area contributed by atoms with E-state index in [4.69, 9.17) is 0 Å². The molecular weight excluding hydrogens is 356 g/mol. The SMILES string of the molecule is CN1CC[C@@]2(C)C(=CC1=O)C1CC1[C@H]1C3=CC=C(c4cccnc4)[C@@]3(C)CC[C@@H]12. The summed E-state index contributed by atoms with van der Waals surface area (Å²) in [4.78, 5) is 18.9. The molecule has 3 fully saturated rings. The third-order valence-electron chi connectivity index (χ3n) is 9.18. The lowest BCUT2D eigenvalue weighted by Gasteiger charge is -2.54. The van der Waals surface area contributed by atoms with Crippen LogP contribution in [0.5, 0.6) is 0 Å². The van der Waals surface area contributed by atoms with Gasteiger partial charge in [0, 0.05) is 37.5 Å². The van der Waals surface area contributed by atoms with Crippen LogP contribution in [-0.2, 0) is 4.79 Å². The topological polar surface area (TPSA) is 33.2 Å². The Kier molecular flexibility index (Phi) is 3.48. The number of carbonyl (C=O) groups excluding carboxylic acids is 1. The molecule has 0 bridgehead atoms. The van der Waals surface area contributed by atoms with Crippen LogP contribution in [0, 0.1) is 34.5 Å². The zero-order valence-electron chi connectivity index (χ0n) is 17.7. The summed E-state index contributed by atoms with van der Waals surface area (Å²) in [7, 11) is 1.96. The van der Waals surface area contributed by atoms with Crippen molar-refractivity contribution in [1.82, 2.24) is 9.88 Å². The predicted octanol–water partition coefficient (Wildman–Crippen LogP) is 4.88. The summed E-state index contributed by atoms with van der Waals surface area (Å²) in [5.74, 6) is 2.92. The molecule has 1 aromatic heterocycles. The third kappa shape index (κ3) is 2.25. The van der Waals surface area contributed by atoms with Gasteiger partial charge in [-0.25, -0.2) is 0 Å². The predicted molar refractivity (Wildman–Crippen MR) is 115 cm³/mol. The second kappa shape index (κ2) is 5.71. The molecule has 3 saturated carbocycles. The normalized spacial score (nSPS) is 42.5. The number of carbonyl (C=O) groups is 1. The summed E-state index contributed by atoms with van der Waals surface area (Å²) in [6, 6.07) is 4.26. The maximum Gasteiger partial charge on any atom is 0.246 e. The number of aromatic nitrogens is 1. The first-order valence-electron chi connectivity index (χ1n) is 11.2. The Morgan fingerprint density at radius 1 is 1.17 bits per heavy atom. The fraction of sp³-hybridized carbons (Fsp3) is 0.538. The van der Waals surface area contributed by atoms with E-state index in [1.807, 2.05) is 30.4 Å². The zero-order valence-corrected chi connectivity index (χ0v) is 17.7. The Morgan fingerprint density at radius 2 is 2.03 bits per heavy atom. The average molecular weight is 387 g/mol. The van der Waals surface area contributed by atoms with Gasteiger partial charge in [0.2, 0.25) is 5.91 Å². The van der Waals surface area contributed by atoms with Gasteiger partial charge in [0.15, 0.2) is 0 Å². The second-order valence-electron chi connectivity index (χ2n) is 10.5. The van der Waals surface area contributed by atoms with E-state index in [1.54, 1.807) is 5.57 Å². The first-order valence-corrected chi connectivity index (χ1v) is 11.2. The number of amides is 1. The van der Waals surface area contributed by atoms with Crippen LogP contribution in [0.2, 0.25) is 0 Å². The minimum atomic E-state index is 0.145. The van der Waals surface area contributed by atoms with E-state index >= 15 is 0 Å². The molecule has 29 heavy (non-hydrogen) atoms. The Hall–Kier alpha value is -2.16. The van der Waals surface area contributed by atoms with Crippen LogP contribution < -0.4 is 0 Å². The van der Waals surface area contributed by atoms with Gasteiger partial charge in [0.05, 0.1) is 0 Å². The number of hydrogen-bond acceptors (Lipinski definition) is 2. The number of pyridine rings is 1. The Morgan fingerprint density at radius 3 is 2.83 bits per heavy atom. The zero-order chi connectivity index (χ0) is 20.0. The number of hydrogen-bond donors (Lipinski definition) is 0. The van der Waals surface area contributed by atoms with Crippen molar-refractivity contribution in [3.63, 3.8) is 0 Å². The van der Waals surface area contributed by atoms with E-state index in [0.29, 0.717) is 17.8 Å². The lowest BCUT2D eigenvalue weighted by molar-refractivity contribution is -0.124. The molecule has 1 aliphatic heterocycles. The van der Waals surface area contributed by atoms with Crippen molar-refractivity contribution >= 4 is 11.5 Å². The van der Waals surface area contributed by atoms with Gasteiger partial charge in [-0.05, 0) is 72.0 Å². The summed E-state index contributed by atoms with van der Waals surface area (Å²) in [5, 5.41) is 0. The van der Waals surface area contributed by atoms with Crippen LogP contribution in [-0.4, -0.2) is 29.4 Å². The highest BCUT2D eigenvalue weighted by Crippen LogP contribution is 2.73. The molecular formula is C26H30N2O. The Balaban J connectivity index is 1.40. The molecule has 150 valence electrons. The second-order valence-corrected chi connectivity index (χ2v) is 10.5. The summed E-state index contributed by atoms with van der Waals surface area (Å²) in [6.07, 6.45) is 15.6. The Labute approximate surface area is 173 Å². The molecule has 4 aliphatic carbocycles. The van der Waals surface area contributed by atoms with Gasteiger partial charge in [-0.3, -0.25) is 9.78 Å². The van der Waals surface area contributed by atoms with Gasteiger partial charge in [-0.15, -0.1) is 0 Å². The van der Waals surface area contributed by atoms with E-state index in [9.17, 15) is 4.79 Å². The molecule has 0 saturated heterocycles. The summed E-state index contributed by atoms with van der Waals surface area (Å²) in [5.41, 5.74) is 6.20. The summed E-state index contributed by atoms with van der Waals surface area (Å²) >= 11 is 0. The molecule has 2 heterocycles. The van der Waals surface area contributed by atoms with Gasteiger partial charge in [-0.2, -0.15) is 0 Å². The minimum Gasteiger partial charge on any atom is -0.342 e. The number of likely N-dealkylation sites (N-methyl/N-ethyl adjacent to an activating group) is 1. The van der Waals surface area contributed by atoms with Crippen molar-refractivity contribution in [2.75, 3.05) is 13.6 Å². The van der Waals surface area contributed by atoms with Crippen LogP contribution in [0.4, 0.5) is 0 Å². The highest BCUT2D eigenvalue weighted by atomic mass is 16.2. The summed E-state index contributed by atoms with van der Waals surface area (Å²) in [6.45, 7) is 5.83. The van der Waals surface area contributed by atoms with E-state index in [2.05, 4.69) is 43.1 Å². The van der Waals surface area contributed by atoms with Gasteiger partial charge in [-0.1, -0.05) is 43.2 Å². The molecule has 0 aromatic carbocycles. The average Bonchev–Trinajstić information content (AvgIpc) is 3.44. The number of allylic oxidation sites excluding steroid dienone is 5. The smallest absolute Gasteiger partial charge is 0.246 e. The fourth-order valence-electron chi connectivity index (χ4n) is 7.44. The van der Waals surface area contributed by atoms with E-state index in [1.165, 1.54) is 36.0 Å². The van der Waals surface area contributed by atoms with Gasteiger partial charge >= 0.3 is 0 Å². The van der Waals surface area contributed by atoms with E-state index in [0.717, 1.165) is 18.9 Å². The monoisotopic (exact) mass is 386 g/mol. The lowest BCUT2D eigenvalue weighted by atomic mass is 9.49. The molecule has 6 atom stereocenters. The molecule has 3 heteroatoms. The molecule has 0 radical (unpaired) electrons. The molecule has 6 rings (SSSR count). The number of rotatable bonds is 1. The first kappa shape index (κ1) is 17.7. The molecule has 3 nitrogen and oxygen atoms in total. The van der Waals surface area contributed by atoms with Crippen LogP contribution in [0.1, 0.15) is 45.1 Å². The van der Waals surface area contributed by atoms with Gasteiger partial charge < -0.3 is 4.90 Å². The van der Waals surface area contributed by atoms with Gasteiger partial charge in [0.1, 0.15) is 0 Å². The molecule has 0 N–H and O–H groups in total. The highest BCUT2D eigenvalue weighted by molar-refractivity contribution is 5.89. The van der Waals surface area contributed by atoms with Crippen molar-refractivity contribution in [2.45, 2.75) is 39.5 Å². The number of fused-ring (bicyclic) bond motifs is 8. The fourth-order valence-corrected chi connectivity index (χ4v) is 7.44. The van der Waals surface area contributed by atoms with Crippen LogP contribution in [0.3, 0.4) is 0 Å². The van der Waals surface area contributed by atoms with E-state index < -0.39 is 0 Å². The molecule has 2 unspecified atom stereocenters. The number of nitrogens with zero attached hydrogens (tertiary/aromatic N) is 2. The molecule has 5 aliphatic rings. The lowest BCUT2D eigenvalue weighted by Crippen LogP contribution is -2.47. The molecule has 1 amide bonds. The quantitative estimate of drug-likeness (QED) is 0.689. The van der Waals surface area contributed by atoms with Crippen molar-refractivity contribution < 1.29 is 4.79 Å². The maximum absolute atomic E-state index is 12.6. The summed E-state index contributed by atoms with van der Waals surface area (Å²) < 4.78 is 0. The largest absolute Gasteiger partial charge is 0.342 e. The highest BCUT2D eigenvalue weighted by Gasteiger charge is 2.64. The first-order chi connectivity index (χ1) is 13.9. The molecule has 0 spiro atoms. The van der Waals surface area contributed by atoms with Gasteiger partial charge in [0.25, 0.3) is 0 Å². The maximum atomic E-state index is 12.6.